The van der Waals surface area contributed by atoms with E-state index >= 15 is 0 Å². The average Bonchev–Trinajstić information content (AvgIpc) is 2.27. The van der Waals surface area contributed by atoms with Crippen molar-refractivity contribution in [2.24, 2.45) is 10.8 Å². The van der Waals surface area contributed by atoms with Crippen molar-refractivity contribution in [2.75, 3.05) is 0 Å². The number of carbonyl (C=O) groups excluding carboxylic acids is 1. The van der Waals surface area contributed by atoms with Crippen molar-refractivity contribution in [1.82, 2.24) is 5.32 Å². The van der Waals surface area contributed by atoms with Crippen molar-refractivity contribution in [3.63, 3.8) is 0 Å². The van der Waals surface area contributed by atoms with Gasteiger partial charge in [-0.25, -0.2) is 4.39 Å². The van der Waals surface area contributed by atoms with Gasteiger partial charge in [-0.3, -0.25) is 4.79 Å². The van der Waals surface area contributed by atoms with Gasteiger partial charge < -0.3 is 5.32 Å². The van der Waals surface area contributed by atoms with Crippen molar-refractivity contribution in [2.45, 2.75) is 53.0 Å². The first-order valence-corrected chi connectivity index (χ1v) is 8.13. The fraction of sp³-hybridized carbons (Fsp3) is 0.588. The molecule has 1 saturated carbocycles. The summed E-state index contributed by atoms with van der Waals surface area (Å²) in [5.41, 5.74) is 0.772. The van der Waals surface area contributed by atoms with Gasteiger partial charge in [0.2, 0.25) is 0 Å². The summed E-state index contributed by atoms with van der Waals surface area (Å²) in [5.74, 6) is -0.604. The van der Waals surface area contributed by atoms with E-state index in [4.69, 9.17) is 0 Å². The van der Waals surface area contributed by atoms with Gasteiger partial charge in [-0.1, -0.05) is 27.7 Å². The number of amides is 1. The average molecular weight is 356 g/mol. The molecule has 0 aliphatic heterocycles. The minimum atomic E-state index is -0.396. The van der Waals surface area contributed by atoms with E-state index in [9.17, 15) is 9.18 Å². The maximum atomic E-state index is 13.3. The Bertz CT molecular complexity index is 538. The Morgan fingerprint density at radius 1 is 1.24 bits per heavy atom. The molecule has 0 bridgehead atoms. The SMILES string of the molecule is CC1(C)CC(NC(=O)c2cc(F)ccc2Br)CC(C)(C)C1. The molecule has 116 valence electrons. The van der Waals surface area contributed by atoms with E-state index in [1.54, 1.807) is 6.07 Å². The predicted molar refractivity (Wildman–Crippen MR) is 86.8 cm³/mol. The summed E-state index contributed by atoms with van der Waals surface area (Å²) in [6.45, 7) is 8.96. The second-order valence-electron chi connectivity index (χ2n) is 7.71. The molecule has 0 saturated heterocycles. The second kappa shape index (κ2) is 5.71. The molecule has 1 aliphatic carbocycles. The van der Waals surface area contributed by atoms with Gasteiger partial charge in [0, 0.05) is 10.5 Å². The van der Waals surface area contributed by atoms with Crippen LogP contribution in [0.25, 0.3) is 0 Å². The van der Waals surface area contributed by atoms with Crippen molar-refractivity contribution in [3.05, 3.63) is 34.1 Å². The van der Waals surface area contributed by atoms with Crippen LogP contribution in [-0.4, -0.2) is 11.9 Å². The van der Waals surface area contributed by atoms with Crippen molar-refractivity contribution in [3.8, 4) is 0 Å². The molecule has 1 N–H and O–H groups in total. The first-order valence-electron chi connectivity index (χ1n) is 7.34. The van der Waals surface area contributed by atoms with Crippen LogP contribution in [0.4, 0.5) is 4.39 Å². The first-order chi connectivity index (χ1) is 9.58. The van der Waals surface area contributed by atoms with Crippen molar-refractivity contribution >= 4 is 21.8 Å². The Balaban J connectivity index is 2.14. The van der Waals surface area contributed by atoms with E-state index in [-0.39, 0.29) is 22.8 Å². The zero-order chi connectivity index (χ0) is 15.8. The molecule has 0 spiro atoms. The first kappa shape index (κ1) is 16.5. The normalized spacial score (nSPS) is 21.0. The summed E-state index contributed by atoms with van der Waals surface area (Å²) < 4.78 is 14.0. The van der Waals surface area contributed by atoms with Gasteiger partial charge in [0.1, 0.15) is 5.82 Å². The number of hydrogen-bond donors (Lipinski definition) is 1. The number of rotatable bonds is 2. The van der Waals surface area contributed by atoms with E-state index < -0.39 is 5.82 Å². The zero-order valence-electron chi connectivity index (χ0n) is 13.1. The molecule has 0 atom stereocenters. The number of carbonyl (C=O) groups is 1. The third-order valence-electron chi connectivity index (χ3n) is 4.06. The Kier molecular flexibility index (Phi) is 4.48. The topological polar surface area (TPSA) is 29.1 Å². The Morgan fingerprint density at radius 2 is 1.81 bits per heavy atom. The van der Waals surface area contributed by atoms with E-state index in [1.165, 1.54) is 12.1 Å². The smallest absolute Gasteiger partial charge is 0.252 e. The highest BCUT2D eigenvalue weighted by Gasteiger charge is 2.39. The Hall–Kier alpha value is -0.900. The molecule has 1 aliphatic rings. The molecule has 2 rings (SSSR count). The van der Waals surface area contributed by atoms with Crippen LogP contribution in [-0.2, 0) is 0 Å². The van der Waals surface area contributed by atoms with Gasteiger partial charge in [-0.05, 0) is 64.2 Å². The molecule has 21 heavy (non-hydrogen) atoms. The number of halogens is 2. The molecule has 1 aromatic carbocycles. The summed E-state index contributed by atoms with van der Waals surface area (Å²) in [6.07, 6.45) is 3.06. The Labute approximate surface area is 134 Å². The van der Waals surface area contributed by atoms with Crippen LogP contribution in [0.3, 0.4) is 0 Å². The van der Waals surface area contributed by atoms with Crippen LogP contribution in [0.1, 0.15) is 57.3 Å². The van der Waals surface area contributed by atoms with Gasteiger partial charge in [-0.15, -0.1) is 0 Å². The minimum absolute atomic E-state index is 0.131. The lowest BCUT2D eigenvalue weighted by molar-refractivity contribution is 0.0713. The quantitative estimate of drug-likeness (QED) is 0.800. The molecule has 0 radical (unpaired) electrons. The van der Waals surface area contributed by atoms with Crippen LogP contribution in [0.15, 0.2) is 22.7 Å². The molecule has 0 aromatic heterocycles. The van der Waals surface area contributed by atoms with Crippen LogP contribution in [0.2, 0.25) is 0 Å². The summed E-state index contributed by atoms with van der Waals surface area (Å²) in [5, 5.41) is 3.08. The standard InChI is InChI=1S/C17H23BrFNO/c1-16(2)8-12(9-17(3,4)10-16)20-15(21)13-7-11(19)5-6-14(13)18/h5-7,12H,8-10H2,1-4H3,(H,20,21). The van der Waals surface area contributed by atoms with Crippen molar-refractivity contribution < 1.29 is 9.18 Å². The second-order valence-corrected chi connectivity index (χ2v) is 8.56. The lowest BCUT2D eigenvalue weighted by Gasteiger charge is -2.45. The van der Waals surface area contributed by atoms with Gasteiger partial charge in [0.15, 0.2) is 0 Å². The number of hydrogen-bond acceptors (Lipinski definition) is 1. The van der Waals surface area contributed by atoms with Gasteiger partial charge in [0.25, 0.3) is 5.91 Å². The predicted octanol–water partition coefficient (Wildman–Crippen LogP) is 4.92. The van der Waals surface area contributed by atoms with Gasteiger partial charge >= 0.3 is 0 Å². The molecule has 1 aromatic rings. The number of nitrogens with one attached hydrogen (secondary N) is 1. The molecule has 0 heterocycles. The number of benzene rings is 1. The van der Waals surface area contributed by atoms with Crippen LogP contribution < -0.4 is 5.32 Å². The molecule has 1 fully saturated rings. The van der Waals surface area contributed by atoms with E-state index in [1.807, 2.05) is 0 Å². The summed E-state index contributed by atoms with van der Waals surface area (Å²) in [7, 11) is 0. The molecular formula is C17H23BrFNO. The highest BCUT2D eigenvalue weighted by molar-refractivity contribution is 9.10. The lowest BCUT2D eigenvalue weighted by Crippen LogP contribution is -2.46. The monoisotopic (exact) mass is 355 g/mol. The fourth-order valence-electron chi connectivity index (χ4n) is 3.88. The Morgan fingerprint density at radius 3 is 2.38 bits per heavy atom. The van der Waals surface area contributed by atoms with Crippen molar-refractivity contribution in [1.29, 1.82) is 0 Å². The van der Waals surface area contributed by atoms with Gasteiger partial charge in [-0.2, -0.15) is 0 Å². The van der Waals surface area contributed by atoms with Gasteiger partial charge in [0.05, 0.1) is 5.56 Å². The molecular weight excluding hydrogens is 333 g/mol. The zero-order valence-corrected chi connectivity index (χ0v) is 14.7. The third kappa shape index (κ3) is 4.29. The van der Waals surface area contributed by atoms with E-state index in [0.717, 1.165) is 19.3 Å². The molecule has 1 amide bonds. The van der Waals surface area contributed by atoms with E-state index in [2.05, 4.69) is 48.9 Å². The molecule has 4 heteroatoms. The van der Waals surface area contributed by atoms with Crippen LogP contribution in [0, 0.1) is 16.6 Å². The third-order valence-corrected chi connectivity index (χ3v) is 4.75. The highest BCUT2D eigenvalue weighted by Crippen LogP contribution is 2.45. The van der Waals surface area contributed by atoms with E-state index in [0.29, 0.717) is 10.0 Å². The highest BCUT2D eigenvalue weighted by atomic mass is 79.9. The molecule has 2 nitrogen and oxygen atoms in total. The maximum Gasteiger partial charge on any atom is 0.252 e. The summed E-state index contributed by atoms with van der Waals surface area (Å²) in [6, 6.07) is 4.32. The minimum Gasteiger partial charge on any atom is -0.349 e. The largest absolute Gasteiger partial charge is 0.349 e. The fourth-order valence-corrected chi connectivity index (χ4v) is 4.31. The van der Waals surface area contributed by atoms with Crippen LogP contribution >= 0.6 is 15.9 Å². The lowest BCUT2D eigenvalue weighted by atomic mass is 9.63. The molecule has 0 unspecified atom stereocenters. The summed E-state index contributed by atoms with van der Waals surface area (Å²) in [4.78, 5) is 12.4. The summed E-state index contributed by atoms with van der Waals surface area (Å²) >= 11 is 3.31. The van der Waals surface area contributed by atoms with Crippen LogP contribution in [0.5, 0.6) is 0 Å². The maximum absolute atomic E-state index is 13.3.